The van der Waals surface area contributed by atoms with E-state index in [1.807, 2.05) is 0 Å². The third-order valence-electron chi connectivity index (χ3n) is 4.58. The number of nitrogens with zero attached hydrogens (tertiary/aromatic N) is 1. The molecule has 1 aliphatic heterocycles. The summed E-state index contributed by atoms with van der Waals surface area (Å²) in [5, 5.41) is 0. The Kier molecular flexibility index (Phi) is 3.13. The fourth-order valence-corrected chi connectivity index (χ4v) is 3.60. The molecule has 14 heavy (non-hydrogen) atoms. The molecule has 0 aromatic rings. The molecule has 1 unspecified atom stereocenters. The number of likely N-dealkylation sites (tertiary alicyclic amines) is 1. The number of piperidine rings is 1. The molecule has 1 saturated carbocycles. The predicted molar refractivity (Wildman–Crippen MR) is 60.2 cm³/mol. The van der Waals surface area contributed by atoms with Crippen LogP contribution >= 0.6 is 0 Å². The zero-order valence-electron chi connectivity index (χ0n) is 9.47. The van der Waals surface area contributed by atoms with Crippen LogP contribution in [0.1, 0.15) is 44.9 Å². The second-order valence-electron chi connectivity index (χ2n) is 5.17. The van der Waals surface area contributed by atoms with E-state index >= 15 is 0 Å². The first-order chi connectivity index (χ1) is 6.79. The summed E-state index contributed by atoms with van der Waals surface area (Å²) < 4.78 is 0. The molecule has 2 aliphatic rings. The molecule has 2 fully saturated rings. The Morgan fingerprint density at radius 1 is 1.21 bits per heavy atom. The summed E-state index contributed by atoms with van der Waals surface area (Å²) in [5.74, 6) is 0.887. The van der Waals surface area contributed by atoms with Crippen molar-refractivity contribution >= 4 is 0 Å². The lowest BCUT2D eigenvalue weighted by Gasteiger charge is -2.49. The van der Waals surface area contributed by atoms with Crippen LogP contribution in [0.15, 0.2) is 0 Å². The summed E-state index contributed by atoms with van der Waals surface area (Å²) in [4.78, 5) is 2.56. The zero-order chi connectivity index (χ0) is 10.0. The van der Waals surface area contributed by atoms with Gasteiger partial charge in [0.05, 0.1) is 0 Å². The van der Waals surface area contributed by atoms with E-state index in [4.69, 9.17) is 5.73 Å². The van der Waals surface area contributed by atoms with Crippen molar-refractivity contribution in [3.05, 3.63) is 0 Å². The zero-order valence-corrected chi connectivity index (χ0v) is 9.47. The first-order valence-corrected chi connectivity index (χ1v) is 6.21. The fraction of sp³-hybridized carbons (Fsp3) is 1.00. The molecule has 2 heteroatoms. The number of hydrogen-bond donors (Lipinski definition) is 1. The molecule has 0 bridgehead atoms. The molecule has 1 aliphatic carbocycles. The first kappa shape index (κ1) is 10.4. The molecular weight excluding hydrogens is 172 g/mol. The van der Waals surface area contributed by atoms with Crippen molar-refractivity contribution in [1.29, 1.82) is 0 Å². The summed E-state index contributed by atoms with van der Waals surface area (Å²) >= 11 is 0. The molecular formula is C12H24N2. The highest BCUT2D eigenvalue weighted by molar-refractivity contribution is 4.99. The van der Waals surface area contributed by atoms with Crippen LogP contribution in [-0.4, -0.2) is 30.6 Å². The van der Waals surface area contributed by atoms with Crippen molar-refractivity contribution in [2.45, 2.75) is 50.5 Å². The quantitative estimate of drug-likeness (QED) is 0.732. The monoisotopic (exact) mass is 196 g/mol. The van der Waals surface area contributed by atoms with Crippen LogP contribution in [0.5, 0.6) is 0 Å². The van der Waals surface area contributed by atoms with Gasteiger partial charge in [-0.05, 0) is 45.2 Å². The summed E-state index contributed by atoms with van der Waals surface area (Å²) in [5.41, 5.74) is 6.44. The van der Waals surface area contributed by atoms with Gasteiger partial charge in [0.15, 0.2) is 0 Å². The first-order valence-electron chi connectivity index (χ1n) is 6.21. The number of nitrogens with two attached hydrogens (primary N) is 1. The van der Waals surface area contributed by atoms with Gasteiger partial charge in [0.25, 0.3) is 0 Å². The number of hydrogen-bond acceptors (Lipinski definition) is 2. The molecule has 0 aromatic carbocycles. The highest BCUT2D eigenvalue weighted by Gasteiger charge is 2.43. The van der Waals surface area contributed by atoms with Gasteiger partial charge in [-0.15, -0.1) is 0 Å². The van der Waals surface area contributed by atoms with Gasteiger partial charge in [0, 0.05) is 12.1 Å². The van der Waals surface area contributed by atoms with Crippen molar-refractivity contribution in [2.75, 3.05) is 20.1 Å². The Morgan fingerprint density at radius 3 is 2.50 bits per heavy atom. The van der Waals surface area contributed by atoms with Gasteiger partial charge >= 0.3 is 0 Å². The highest BCUT2D eigenvalue weighted by atomic mass is 15.2. The largest absolute Gasteiger partial charge is 0.329 e. The Labute approximate surface area is 87.8 Å². The molecule has 1 atom stereocenters. The van der Waals surface area contributed by atoms with Gasteiger partial charge in [0.1, 0.15) is 0 Å². The summed E-state index contributed by atoms with van der Waals surface area (Å²) in [7, 11) is 2.28. The maximum atomic E-state index is 6.07. The van der Waals surface area contributed by atoms with E-state index in [1.165, 1.54) is 51.5 Å². The van der Waals surface area contributed by atoms with Crippen molar-refractivity contribution in [2.24, 2.45) is 11.7 Å². The van der Waals surface area contributed by atoms with E-state index in [2.05, 4.69) is 11.9 Å². The summed E-state index contributed by atoms with van der Waals surface area (Å²) in [6.45, 7) is 2.13. The van der Waals surface area contributed by atoms with Crippen LogP contribution in [0.4, 0.5) is 0 Å². The van der Waals surface area contributed by atoms with Crippen LogP contribution < -0.4 is 5.73 Å². The minimum atomic E-state index is 0.370. The average Bonchev–Trinajstić information content (AvgIpc) is 2.72. The molecule has 0 radical (unpaired) electrons. The number of rotatable bonds is 2. The molecule has 0 spiro atoms. The van der Waals surface area contributed by atoms with Crippen molar-refractivity contribution in [3.8, 4) is 0 Å². The Balaban J connectivity index is 2.12. The smallest absolute Gasteiger partial charge is 0.0356 e. The molecule has 1 saturated heterocycles. The van der Waals surface area contributed by atoms with Gasteiger partial charge < -0.3 is 5.73 Å². The van der Waals surface area contributed by atoms with E-state index in [1.54, 1.807) is 0 Å². The standard InChI is InChI=1S/C12H24N2/c1-14-9-5-4-8-12(14,10-13)11-6-2-3-7-11/h11H,2-10,13H2,1H3. The minimum absolute atomic E-state index is 0.370. The minimum Gasteiger partial charge on any atom is -0.329 e. The molecule has 0 aromatic heterocycles. The van der Waals surface area contributed by atoms with Crippen LogP contribution in [0, 0.1) is 5.92 Å². The average molecular weight is 196 g/mol. The third-order valence-corrected chi connectivity index (χ3v) is 4.58. The number of likely N-dealkylation sites (N-methyl/N-ethyl adjacent to an activating group) is 1. The van der Waals surface area contributed by atoms with E-state index in [9.17, 15) is 0 Å². The molecule has 82 valence electrons. The second-order valence-corrected chi connectivity index (χ2v) is 5.17. The van der Waals surface area contributed by atoms with Crippen LogP contribution in [-0.2, 0) is 0 Å². The van der Waals surface area contributed by atoms with Gasteiger partial charge in [0.2, 0.25) is 0 Å². The molecule has 2 nitrogen and oxygen atoms in total. The third kappa shape index (κ3) is 1.59. The summed E-state index contributed by atoms with van der Waals surface area (Å²) in [6, 6.07) is 0. The highest BCUT2D eigenvalue weighted by Crippen LogP contribution is 2.41. The van der Waals surface area contributed by atoms with Gasteiger partial charge in [-0.3, -0.25) is 4.90 Å². The van der Waals surface area contributed by atoms with E-state index in [-0.39, 0.29) is 0 Å². The van der Waals surface area contributed by atoms with Crippen molar-refractivity contribution in [3.63, 3.8) is 0 Å². The summed E-state index contributed by atoms with van der Waals surface area (Å²) in [6.07, 6.45) is 9.79. The molecule has 1 heterocycles. The Bertz CT molecular complexity index is 187. The van der Waals surface area contributed by atoms with E-state index < -0.39 is 0 Å². The normalized spacial score (nSPS) is 36.4. The predicted octanol–water partition coefficient (Wildman–Crippen LogP) is 1.99. The molecule has 2 N–H and O–H groups in total. The second kappa shape index (κ2) is 4.19. The van der Waals surface area contributed by atoms with Crippen LogP contribution in [0.25, 0.3) is 0 Å². The Hall–Kier alpha value is -0.0800. The van der Waals surface area contributed by atoms with Gasteiger partial charge in [-0.25, -0.2) is 0 Å². The van der Waals surface area contributed by atoms with Gasteiger partial charge in [-0.2, -0.15) is 0 Å². The maximum Gasteiger partial charge on any atom is 0.0356 e. The topological polar surface area (TPSA) is 29.3 Å². The van der Waals surface area contributed by atoms with Crippen LogP contribution in [0.2, 0.25) is 0 Å². The van der Waals surface area contributed by atoms with E-state index in [0.717, 1.165) is 12.5 Å². The fourth-order valence-electron chi connectivity index (χ4n) is 3.60. The Morgan fingerprint density at radius 2 is 1.93 bits per heavy atom. The van der Waals surface area contributed by atoms with Gasteiger partial charge in [-0.1, -0.05) is 19.3 Å². The lowest BCUT2D eigenvalue weighted by molar-refractivity contribution is 0.0269. The lowest BCUT2D eigenvalue weighted by Crippen LogP contribution is -2.58. The van der Waals surface area contributed by atoms with Crippen molar-refractivity contribution < 1.29 is 0 Å². The molecule has 2 rings (SSSR count). The molecule has 0 amide bonds. The van der Waals surface area contributed by atoms with E-state index in [0.29, 0.717) is 5.54 Å². The van der Waals surface area contributed by atoms with Crippen LogP contribution in [0.3, 0.4) is 0 Å². The lowest BCUT2D eigenvalue weighted by atomic mass is 9.75. The van der Waals surface area contributed by atoms with Crippen molar-refractivity contribution in [1.82, 2.24) is 4.90 Å². The SMILES string of the molecule is CN1CCCCC1(CN)C1CCCC1. The maximum absolute atomic E-state index is 6.07.